The lowest BCUT2D eigenvalue weighted by molar-refractivity contribution is 0.111. The van der Waals surface area contributed by atoms with Crippen LogP contribution in [0.2, 0.25) is 0 Å². The summed E-state index contributed by atoms with van der Waals surface area (Å²) < 4.78 is 2.28. The molecule has 0 aliphatic rings. The van der Waals surface area contributed by atoms with Crippen LogP contribution in [0.15, 0.2) is 476 Å². The molecule has 0 aromatic heterocycles. The molecule has 0 radical (unpaired) electrons. The average Bonchev–Trinajstić information content (AvgIpc) is 0.830. The zero-order valence-electron chi connectivity index (χ0n) is 86.7. The summed E-state index contributed by atoms with van der Waals surface area (Å²) in [4.78, 5) is 93.7. The summed E-state index contributed by atoms with van der Waals surface area (Å²) in [6.45, 7) is 24.3. The second-order valence-electron chi connectivity index (χ2n) is 30.9. The lowest BCUT2D eigenvalue weighted by Gasteiger charge is -2.03. The van der Waals surface area contributed by atoms with Crippen LogP contribution < -0.4 is 10.9 Å². The molecule has 4 N–H and O–H groups in total. The molecule has 0 saturated heterocycles. The molecule has 0 bridgehead atoms. The van der Waals surface area contributed by atoms with Crippen LogP contribution in [0.4, 0.5) is 0 Å². The Morgan fingerprint density at radius 3 is 0.520 bits per heavy atom. The van der Waals surface area contributed by atoms with Gasteiger partial charge in [-0.25, -0.2) is 0 Å². The Balaban J connectivity index is 0.000000422. The second-order valence-corrected chi connectivity index (χ2v) is 34.4. The van der Waals surface area contributed by atoms with Crippen molar-refractivity contribution in [2.75, 3.05) is 5.33 Å². The monoisotopic (exact) mass is 2250 g/mol. The van der Waals surface area contributed by atoms with E-state index in [4.69, 9.17) is 20.1 Å². The summed E-state index contributed by atoms with van der Waals surface area (Å²) in [5.74, 6) is 0. The Bertz CT molecular complexity index is 6210. The molecule has 0 amide bonds. The van der Waals surface area contributed by atoms with Crippen molar-refractivity contribution in [3.05, 3.63) is 548 Å². The molecule has 13 nitrogen and oxygen atoms in total. The van der Waals surface area contributed by atoms with Crippen molar-refractivity contribution in [1.82, 2.24) is 0 Å². The maximum atomic E-state index is 10.5. The van der Waals surface area contributed by atoms with Gasteiger partial charge < -0.3 is 20.1 Å². The van der Waals surface area contributed by atoms with Gasteiger partial charge in [0.05, 0.1) is 0 Å². The van der Waals surface area contributed by atoms with Crippen molar-refractivity contribution >= 4 is 145 Å². The van der Waals surface area contributed by atoms with Gasteiger partial charge in [0.1, 0.15) is 56.6 Å². The Hall–Kier alpha value is -15.1. The average molecular weight is 2250 g/mol. The van der Waals surface area contributed by atoms with Gasteiger partial charge in [0.2, 0.25) is 0 Å². The number of aryl methyl sites for hydroxylation is 3. The van der Waals surface area contributed by atoms with Gasteiger partial charge in [0.15, 0.2) is 0 Å². The van der Waals surface area contributed by atoms with Gasteiger partial charge in [0, 0.05) is 69.7 Å². The number of aldehydes is 9. The van der Waals surface area contributed by atoms with Crippen LogP contribution in [0.3, 0.4) is 0 Å². The zero-order valence-corrected chi connectivity index (χ0v) is 93.0. The highest BCUT2D eigenvalue weighted by atomic mass is 79.9. The Morgan fingerprint density at radius 2 is 0.353 bits per heavy atom. The first-order valence-electron chi connectivity index (χ1n) is 48.8. The molecular weight excluding hydrogens is 2120 g/mol. The number of rotatable bonds is 19. The predicted molar refractivity (Wildman–Crippen MR) is 644 cm³/mol. The van der Waals surface area contributed by atoms with Crippen molar-refractivity contribution in [3.8, 4) is 77.9 Å². The van der Waals surface area contributed by atoms with Gasteiger partial charge in [0.25, 0.3) is 0 Å². The maximum Gasteiger partial charge on any atom is 0.488 e. The van der Waals surface area contributed by atoms with E-state index in [1.807, 2.05) is 366 Å². The normalized spacial score (nSPS) is 9.23. The topological polar surface area (TPSA) is 235 Å². The maximum absolute atomic E-state index is 10.5. The molecule has 18 rings (SSSR count). The van der Waals surface area contributed by atoms with Gasteiger partial charge in [-0.2, -0.15) is 0 Å². The van der Waals surface area contributed by atoms with Crippen molar-refractivity contribution < 1.29 is 63.2 Å². The van der Waals surface area contributed by atoms with Crippen molar-refractivity contribution in [1.29, 1.82) is 0 Å². The third-order valence-electron chi connectivity index (χ3n) is 20.3. The largest absolute Gasteiger partial charge is 0.488 e. The fourth-order valence-electron chi connectivity index (χ4n) is 12.8. The molecule has 0 fully saturated rings. The van der Waals surface area contributed by atoms with E-state index in [0.29, 0.717) is 73.6 Å². The summed E-state index contributed by atoms with van der Waals surface area (Å²) >= 11 is 13.3. The fourth-order valence-corrected chi connectivity index (χ4v) is 14.0. The number of hydrogen-bond acceptors (Lipinski definition) is 13. The highest BCUT2D eigenvalue weighted by Gasteiger charge is 2.11. The minimum Gasteiger partial charge on any atom is -0.423 e. The number of carbonyl (C=O) groups is 9. The first-order valence-corrected chi connectivity index (χ1v) is 52.6. The first-order chi connectivity index (χ1) is 73.1. The van der Waals surface area contributed by atoms with E-state index in [0.717, 1.165) is 103 Å². The summed E-state index contributed by atoms with van der Waals surface area (Å²) in [5, 5.41) is 36.5. The van der Waals surface area contributed by atoms with Gasteiger partial charge >= 0.3 is 14.2 Å². The summed E-state index contributed by atoms with van der Waals surface area (Å²) in [6.07, 6.45) is 7.41. The molecule has 150 heavy (non-hydrogen) atoms. The van der Waals surface area contributed by atoms with Crippen molar-refractivity contribution in [2.45, 2.75) is 88.4 Å². The van der Waals surface area contributed by atoms with E-state index in [-0.39, 0.29) is 0 Å². The van der Waals surface area contributed by atoms with E-state index in [9.17, 15) is 43.2 Å². The van der Waals surface area contributed by atoms with Gasteiger partial charge in [-0.1, -0.05) is 586 Å². The SMILES string of the molecule is Brc1ccccc1.CC.CC.CC.CC.CCBr.Cc1cccc(-c2ccc(C=O)cc2)c1.Cc1cccc(-c2ccc(C=O)cc2)c1.Cc1cccc(Br)c1.O=Cc1ccc(-c2cccc(CBr)c2)cc1.O=Cc1ccc(-c2ccccc2)cc1.O=Cc1ccc(-c2ccccc2)cc1.O=Cc1ccc(-c2ccccc2)cc1.O=Cc1ccc(-c2ccccc2)cc1.O=Cc1ccc(B(O)O)cc1.O=Cc1ccc(B(O)O)cc1. The van der Waals surface area contributed by atoms with Crippen LogP contribution in [0.1, 0.15) is 178 Å². The third kappa shape index (κ3) is 52.0. The minimum absolute atomic E-state index is 0.385. The number of hydrogen-bond donors (Lipinski definition) is 4. The molecule has 18 aromatic rings. The van der Waals surface area contributed by atoms with E-state index in [1.54, 1.807) is 0 Å². The fraction of sp³-hybridized carbons (Fsp3) is 0.107. The molecule has 18 aromatic carbocycles. The molecule has 0 aliphatic heterocycles. The summed E-state index contributed by atoms with van der Waals surface area (Å²) in [7, 11) is -2.92. The van der Waals surface area contributed by atoms with E-state index in [2.05, 4.69) is 200 Å². The third-order valence-corrected chi connectivity index (χ3v) is 22.0. The van der Waals surface area contributed by atoms with Gasteiger partial charge in [-0.15, -0.1) is 0 Å². The molecule has 0 heterocycles. The van der Waals surface area contributed by atoms with E-state index >= 15 is 0 Å². The van der Waals surface area contributed by atoms with Crippen LogP contribution in [0.5, 0.6) is 0 Å². The minimum atomic E-state index is -1.46. The molecule has 0 unspecified atom stereocenters. The summed E-state index contributed by atoms with van der Waals surface area (Å²) in [6, 6.07) is 149. The Morgan fingerprint density at radius 1 is 0.193 bits per heavy atom. The predicted octanol–water partition coefficient (Wildman–Crippen LogP) is 32.7. The number of benzene rings is 18. The van der Waals surface area contributed by atoms with Gasteiger partial charge in [-0.3, -0.25) is 43.2 Å². The standard InChI is InChI=1S/C14H11BrO.2C14H12O.4C13H10O.2C7H7BO3.C7H7Br.C6H5Br.C2H5Br.4C2H6/c15-9-12-2-1-3-14(8-12)13-6-4-11(10-16)5-7-13;2*1-11-3-2-4-14(9-11)13-7-5-12(10-15)6-8-13;4*14-10-11-6-8-13(9-7-11)12-4-2-1-3-5-12;2*9-5-6-1-3-7(4-2-6)8(10)11;1-6-3-2-4-7(8)5-6;7-6-4-2-1-3-5-6;1-2-3;4*1-2/h1-8,10H,9H2;2*2-10H,1H3;4*1-10H;2*1-5,10-11H;2-5H,1H3;1-5H;2H2,1H3;4*1-2H3. The van der Waals surface area contributed by atoms with Crippen LogP contribution >= 0.6 is 63.7 Å². The van der Waals surface area contributed by atoms with Crippen LogP contribution in [-0.2, 0) is 5.33 Å². The highest BCUT2D eigenvalue weighted by Crippen LogP contribution is 2.27. The van der Waals surface area contributed by atoms with Gasteiger partial charge in [-0.05, 0) is 139 Å². The lowest BCUT2D eigenvalue weighted by Crippen LogP contribution is -2.29. The first kappa shape index (κ1) is 129. The summed E-state index contributed by atoms with van der Waals surface area (Å²) in [5.41, 5.74) is 28.0. The van der Waals surface area contributed by atoms with Crippen LogP contribution in [-0.4, -0.2) is 96.2 Å². The zero-order chi connectivity index (χ0) is 110. The van der Waals surface area contributed by atoms with Crippen molar-refractivity contribution in [2.24, 2.45) is 0 Å². The quantitative estimate of drug-likeness (QED) is 0.0335. The number of alkyl halides is 2. The smallest absolute Gasteiger partial charge is 0.423 e. The number of carbonyl (C=O) groups excluding carboxylic acids is 9. The lowest BCUT2D eigenvalue weighted by atomic mass is 9.80. The van der Waals surface area contributed by atoms with E-state index in [1.165, 1.54) is 110 Å². The molecule has 0 atom stereocenters. The Labute approximate surface area is 921 Å². The second kappa shape index (κ2) is 80.0. The van der Waals surface area contributed by atoms with Crippen LogP contribution in [0, 0.1) is 20.8 Å². The molecule has 19 heteroatoms. The molecular formula is C131H130B2Br4O13. The number of halogens is 4. The highest BCUT2D eigenvalue weighted by molar-refractivity contribution is 9.11. The molecule has 0 aliphatic carbocycles. The van der Waals surface area contributed by atoms with Crippen molar-refractivity contribution in [3.63, 3.8) is 0 Å². The molecule has 0 saturated carbocycles. The van der Waals surface area contributed by atoms with E-state index < -0.39 is 14.2 Å². The van der Waals surface area contributed by atoms with Crippen LogP contribution in [0.25, 0.3) is 77.9 Å². The molecule has 766 valence electrons. The Kier molecular flexibility index (Phi) is 68.8. The molecule has 0 spiro atoms.